The molecular weight excluding hydrogens is 338 g/mol. The highest BCUT2D eigenvalue weighted by Gasteiger charge is 2.41. The monoisotopic (exact) mass is 361 g/mol. The number of carbonyl (C=O) groups is 2. The van der Waals surface area contributed by atoms with Crippen LogP contribution >= 0.6 is 11.6 Å². The van der Waals surface area contributed by atoms with Crippen molar-refractivity contribution in [2.75, 3.05) is 37.6 Å². The largest absolute Gasteiger partial charge is 0.342 e. The molecule has 3 fully saturated rings. The van der Waals surface area contributed by atoms with Gasteiger partial charge in [0.15, 0.2) is 0 Å². The highest BCUT2D eigenvalue weighted by Crippen LogP contribution is 2.31. The van der Waals surface area contributed by atoms with E-state index >= 15 is 0 Å². The minimum Gasteiger partial charge on any atom is -0.342 e. The number of nitrogens with one attached hydrogen (secondary N) is 1. The van der Waals surface area contributed by atoms with Crippen LogP contribution in [0.1, 0.15) is 19.3 Å². The number of nitrogens with zero attached hydrogens (tertiary/aromatic N) is 2. The quantitative estimate of drug-likeness (QED) is 0.821. The number of fused-ring (bicyclic) bond motifs is 1. The Balaban J connectivity index is 1.43. The van der Waals surface area contributed by atoms with Gasteiger partial charge in [-0.05, 0) is 62.4 Å². The van der Waals surface area contributed by atoms with Gasteiger partial charge in [-0.1, -0.05) is 17.7 Å². The van der Waals surface area contributed by atoms with Crippen LogP contribution in [0.3, 0.4) is 0 Å². The zero-order valence-electron chi connectivity index (χ0n) is 14.3. The molecule has 1 N–H and O–H groups in total. The molecule has 1 aromatic rings. The predicted molar refractivity (Wildman–Crippen MR) is 97.6 cm³/mol. The molecule has 134 valence electrons. The van der Waals surface area contributed by atoms with Crippen LogP contribution < -0.4 is 10.2 Å². The number of halogens is 1. The minimum absolute atomic E-state index is 0.0162. The Kier molecular flexibility index (Phi) is 4.69. The van der Waals surface area contributed by atoms with E-state index in [0.717, 1.165) is 44.7 Å². The van der Waals surface area contributed by atoms with Gasteiger partial charge in [-0.3, -0.25) is 9.59 Å². The van der Waals surface area contributed by atoms with Gasteiger partial charge in [0.25, 0.3) is 0 Å². The summed E-state index contributed by atoms with van der Waals surface area (Å²) in [4.78, 5) is 29.4. The Morgan fingerprint density at radius 3 is 2.48 bits per heavy atom. The molecule has 0 aliphatic carbocycles. The first-order chi connectivity index (χ1) is 12.1. The zero-order valence-corrected chi connectivity index (χ0v) is 15.0. The average Bonchev–Trinajstić information content (AvgIpc) is 3.16. The van der Waals surface area contributed by atoms with E-state index in [1.165, 1.54) is 0 Å². The first kappa shape index (κ1) is 16.9. The fraction of sp³-hybridized carbons (Fsp3) is 0.579. The molecule has 0 bridgehead atoms. The summed E-state index contributed by atoms with van der Waals surface area (Å²) in [7, 11) is 0. The summed E-state index contributed by atoms with van der Waals surface area (Å²) >= 11 is 6.04. The predicted octanol–water partition coefficient (Wildman–Crippen LogP) is 2.15. The van der Waals surface area contributed by atoms with Crippen molar-refractivity contribution in [3.63, 3.8) is 0 Å². The number of hydrogen-bond donors (Lipinski definition) is 1. The number of hydrogen-bond acceptors (Lipinski definition) is 3. The topological polar surface area (TPSA) is 52.7 Å². The lowest BCUT2D eigenvalue weighted by Crippen LogP contribution is -2.41. The second-order valence-electron chi connectivity index (χ2n) is 7.39. The van der Waals surface area contributed by atoms with Crippen molar-refractivity contribution in [3.05, 3.63) is 29.3 Å². The molecule has 0 saturated carbocycles. The number of anilines is 1. The summed E-state index contributed by atoms with van der Waals surface area (Å²) in [5.74, 6) is 0.760. The van der Waals surface area contributed by atoms with Gasteiger partial charge in [-0.15, -0.1) is 0 Å². The molecule has 5 nitrogen and oxygen atoms in total. The Morgan fingerprint density at radius 1 is 1.08 bits per heavy atom. The molecule has 3 heterocycles. The standard InChI is InChI=1S/C19H24ClN3O2/c20-15-2-1-3-16(10-15)23-9-6-17(19(23)25)18(24)22-7-4-13-11-21-12-14(13)5-8-22/h1-3,10,13-14,17,21H,4-9,11-12H2/t13-,14+,17?. The van der Waals surface area contributed by atoms with E-state index in [2.05, 4.69) is 5.32 Å². The lowest BCUT2D eigenvalue weighted by molar-refractivity contribution is -0.139. The van der Waals surface area contributed by atoms with Gasteiger partial charge in [0.05, 0.1) is 0 Å². The van der Waals surface area contributed by atoms with Crippen LogP contribution in [-0.2, 0) is 9.59 Å². The third-order valence-electron chi connectivity index (χ3n) is 5.95. The highest BCUT2D eigenvalue weighted by atomic mass is 35.5. The molecule has 6 heteroatoms. The molecule has 2 amide bonds. The smallest absolute Gasteiger partial charge is 0.239 e. The summed E-state index contributed by atoms with van der Waals surface area (Å²) < 4.78 is 0. The van der Waals surface area contributed by atoms with E-state index in [4.69, 9.17) is 11.6 Å². The molecule has 25 heavy (non-hydrogen) atoms. The fourth-order valence-corrected chi connectivity index (χ4v) is 4.65. The molecule has 0 aromatic heterocycles. The van der Waals surface area contributed by atoms with Crippen molar-refractivity contribution in [1.82, 2.24) is 10.2 Å². The van der Waals surface area contributed by atoms with E-state index in [1.54, 1.807) is 17.0 Å². The molecule has 3 aliphatic rings. The number of benzene rings is 1. The first-order valence-corrected chi connectivity index (χ1v) is 9.58. The molecule has 3 atom stereocenters. The summed E-state index contributed by atoms with van der Waals surface area (Å²) in [6.45, 7) is 4.28. The number of carbonyl (C=O) groups excluding carboxylic acids is 2. The maximum absolute atomic E-state index is 13.0. The highest BCUT2D eigenvalue weighted by molar-refractivity contribution is 6.31. The average molecular weight is 362 g/mol. The normalized spacial score (nSPS) is 29.6. The first-order valence-electron chi connectivity index (χ1n) is 9.20. The summed E-state index contributed by atoms with van der Waals surface area (Å²) in [5, 5.41) is 4.06. The van der Waals surface area contributed by atoms with Crippen LogP contribution in [0.15, 0.2) is 24.3 Å². The van der Waals surface area contributed by atoms with Crippen LogP contribution in [-0.4, -0.2) is 49.4 Å². The van der Waals surface area contributed by atoms with Gasteiger partial charge in [0.2, 0.25) is 11.8 Å². The SMILES string of the molecule is O=C(C1CCN(c2cccc(Cl)c2)C1=O)N1CC[C@@H]2CNC[C@@H]2CC1. The van der Waals surface area contributed by atoms with Gasteiger partial charge in [0.1, 0.15) is 5.92 Å². The Bertz CT molecular complexity index is 666. The molecule has 0 radical (unpaired) electrons. The zero-order chi connectivity index (χ0) is 17.4. The lowest BCUT2D eigenvalue weighted by Gasteiger charge is -2.24. The molecule has 4 rings (SSSR count). The van der Waals surface area contributed by atoms with E-state index in [9.17, 15) is 9.59 Å². The summed E-state index contributed by atoms with van der Waals surface area (Å²) in [5.41, 5.74) is 0.782. The summed E-state index contributed by atoms with van der Waals surface area (Å²) in [6, 6.07) is 7.28. The third-order valence-corrected chi connectivity index (χ3v) is 6.19. The minimum atomic E-state index is -0.532. The van der Waals surface area contributed by atoms with Gasteiger partial charge in [-0.25, -0.2) is 0 Å². The van der Waals surface area contributed by atoms with Gasteiger partial charge < -0.3 is 15.1 Å². The van der Waals surface area contributed by atoms with Crippen molar-refractivity contribution in [3.8, 4) is 0 Å². The van der Waals surface area contributed by atoms with E-state index < -0.39 is 5.92 Å². The van der Waals surface area contributed by atoms with Crippen LogP contribution in [0.2, 0.25) is 5.02 Å². The second-order valence-corrected chi connectivity index (χ2v) is 7.83. The van der Waals surface area contributed by atoms with Crippen LogP contribution in [0.25, 0.3) is 0 Å². The van der Waals surface area contributed by atoms with Gasteiger partial charge in [-0.2, -0.15) is 0 Å². The Hall–Kier alpha value is -1.59. The maximum atomic E-state index is 13.0. The van der Waals surface area contributed by atoms with Crippen molar-refractivity contribution in [2.45, 2.75) is 19.3 Å². The third kappa shape index (κ3) is 3.27. The number of amides is 2. The Morgan fingerprint density at radius 2 is 1.80 bits per heavy atom. The summed E-state index contributed by atoms with van der Waals surface area (Å²) in [6.07, 6.45) is 2.68. The lowest BCUT2D eigenvalue weighted by atomic mass is 9.92. The van der Waals surface area contributed by atoms with Crippen molar-refractivity contribution < 1.29 is 9.59 Å². The van der Waals surface area contributed by atoms with Crippen LogP contribution in [0.5, 0.6) is 0 Å². The fourth-order valence-electron chi connectivity index (χ4n) is 4.47. The number of likely N-dealkylation sites (tertiary alicyclic amines) is 1. The van der Waals surface area contributed by atoms with E-state index in [1.807, 2.05) is 17.0 Å². The molecular formula is C19H24ClN3O2. The van der Waals surface area contributed by atoms with Crippen molar-refractivity contribution >= 4 is 29.1 Å². The van der Waals surface area contributed by atoms with Crippen molar-refractivity contribution in [1.29, 1.82) is 0 Å². The number of rotatable bonds is 2. The van der Waals surface area contributed by atoms with E-state index in [-0.39, 0.29) is 11.8 Å². The Labute approximate surface area is 153 Å². The molecule has 1 aromatic carbocycles. The molecule has 1 unspecified atom stereocenters. The van der Waals surface area contributed by atoms with Crippen molar-refractivity contribution in [2.24, 2.45) is 17.8 Å². The van der Waals surface area contributed by atoms with Crippen LogP contribution in [0, 0.1) is 17.8 Å². The van der Waals surface area contributed by atoms with Gasteiger partial charge in [0, 0.05) is 30.3 Å². The van der Waals surface area contributed by atoms with E-state index in [0.29, 0.717) is 29.8 Å². The second kappa shape index (κ2) is 6.96. The van der Waals surface area contributed by atoms with Gasteiger partial charge >= 0.3 is 0 Å². The van der Waals surface area contributed by atoms with Crippen LogP contribution in [0.4, 0.5) is 5.69 Å². The molecule has 3 saturated heterocycles. The molecule has 0 spiro atoms. The maximum Gasteiger partial charge on any atom is 0.239 e. The molecule has 3 aliphatic heterocycles.